The summed E-state index contributed by atoms with van der Waals surface area (Å²) in [6.07, 6.45) is 1.75. The van der Waals surface area contributed by atoms with Crippen LogP contribution in [0.25, 0.3) is 0 Å². The summed E-state index contributed by atoms with van der Waals surface area (Å²) in [5, 5.41) is 0. The highest BCUT2D eigenvalue weighted by molar-refractivity contribution is 6.13. The molecular formula is C15H18N2O3. The maximum atomic E-state index is 11.8. The molecule has 0 radical (unpaired) electrons. The van der Waals surface area contributed by atoms with Gasteiger partial charge in [-0.3, -0.25) is 4.99 Å². The number of allylic oxidation sites excluding steroid dienone is 1. The first-order valence-electron chi connectivity index (χ1n) is 6.36. The molecule has 1 aromatic carbocycles. The minimum Gasteiger partial charge on any atom is -0.496 e. The van der Waals surface area contributed by atoms with Crippen molar-refractivity contribution < 1.29 is 14.3 Å². The van der Waals surface area contributed by atoms with Crippen LogP contribution in [0.4, 0.5) is 0 Å². The molecule has 0 saturated heterocycles. The zero-order chi connectivity index (χ0) is 14.5. The zero-order valence-corrected chi connectivity index (χ0v) is 11.9. The fourth-order valence-corrected chi connectivity index (χ4v) is 2.06. The maximum absolute atomic E-state index is 11.8. The van der Waals surface area contributed by atoms with Crippen LogP contribution in [0, 0.1) is 0 Å². The predicted octanol–water partition coefficient (Wildman–Crippen LogP) is 1.49. The fraction of sp³-hybridized carbons (Fsp3) is 0.333. The van der Waals surface area contributed by atoms with Gasteiger partial charge in [-0.1, -0.05) is 12.1 Å². The molecule has 0 N–H and O–H groups in total. The molecule has 5 heteroatoms. The minimum absolute atomic E-state index is 0.364. The van der Waals surface area contributed by atoms with Gasteiger partial charge in [0.1, 0.15) is 11.4 Å². The van der Waals surface area contributed by atoms with Gasteiger partial charge in [0.25, 0.3) is 0 Å². The molecule has 106 valence electrons. The number of hydrogen-bond acceptors (Lipinski definition) is 5. The number of rotatable bonds is 3. The molecule has 0 spiro atoms. The van der Waals surface area contributed by atoms with Crippen molar-refractivity contribution in [2.45, 2.75) is 0 Å². The Kier molecular flexibility index (Phi) is 4.40. The Balaban J connectivity index is 2.46. The van der Waals surface area contributed by atoms with Crippen LogP contribution >= 0.6 is 0 Å². The Morgan fingerprint density at radius 3 is 2.75 bits per heavy atom. The molecular weight excluding hydrogens is 256 g/mol. The van der Waals surface area contributed by atoms with Crippen LogP contribution < -0.4 is 4.74 Å². The Hall–Kier alpha value is -2.30. The molecule has 0 amide bonds. The molecule has 2 rings (SSSR count). The number of aliphatic imine (C=N–C) groups is 1. The SMILES string of the molecule is COC(=O)C1=CC(c2ccccc2OC)=NCCN1C. The molecule has 0 aromatic heterocycles. The number of likely N-dealkylation sites (N-methyl/N-ethyl adjacent to an activating group) is 1. The lowest BCUT2D eigenvalue weighted by Crippen LogP contribution is -2.26. The number of carbonyl (C=O) groups excluding carboxylic acids is 1. The van der Waals surface area contributed by atoms with E-state index in [0.29, 0.717) is 18.8 Å². The van der Waals surface area contributed by atoms with Gasteiger partial charge in [0, 0.05) is 19.2 Å². The van der Waals surface area contributed by atoms with E-state index in [0.717, 1.165) is 17.0 Å². The number of para-hydroxylation sites is 1. The smallest absolute Gasteiger partial charge is 0.354 e. The summed E-state index contributed by atoms with van der Waals surface area (Å²) >= 11 is 0. The van der Waals surface area contributed by atoms with Crippen LogP contribution in [0.5, 0.6) is 5.75 Å². The van der Waals surface area contributed by atoms with Gasteiger partial charge in [-0.25, -0.2) is 4.79 Å². The van der Waals surface area contributed by atoms with Gasteiger partial charge in [0.2, 0.25) is 0 Å². The molecule has 1 heterocycles. The monoisotopic (exact) mass is 274 g/mol. The van der Waals surface area contributed by atoms with Gasteiger partial charge in [-0.15, -0.1) is 0 Å². The first-order valence-corrected chi connectivity index (χ1v) is 6.36. The quantitative estimate of drug-likeness (QED) is 0.784. The Morgan fingerprint density at radius 1 is 1.30 bits per heavy atom. The number of carbonyl (C=O) groups is 1. The van der Waals surface area contributed by atoms with E-state index in [9.17, 15) is 4.79 Å². The topological polar surface area (TPSA) is 51.1 Å². The summed E-state index contributed by atoms with van der Waals surface area (Å²) in [5.41, 5.74) is 2.09. The minimum atomic E-state index is -0.364. The molecule has 5 nitrogen and oxygen atoms in total. The van der Waals surface area contributed by atoms with Crippen molar-refractivity contribution in [3.8, 4) is 5.75 Å². The van der Waals surface area contributed by atoms with E-state index in [4.69, 9.17) is 9.47 Å². The average Bonchev–Trinajstić information content (AvgIpc) is 2.68. The Labute approximate surface area is 118 Å². The lowest BCUT2D eigenvalue weighted by molar-refractivity contribution is -0.137. The van der Waals surface area contributed by atoms with Gasteiger partial charge in [0.05, 0.1) is 26.5 Å². The second-order valence-corrected chi connectivity index (χ2v) is 4.41. The van der Waals surface area contributed by atoms with E-state index in [-0.39, 0.29) is 5.97 Å². The summed E-state index contributed by atoms with van der Waals surface area (Å²) in [5.74, 6) is 0.369. The number of nitrogens with zero attached hydrogens (tertiary/aromatic N) is 2. The number of benzene rings is 1. The van der Waals surface area contributed by atoms with E-state index in [2.05, 4.69) is 4.99 Å². The van der Waals surface area contributed by atoms with Crippen LogP contribution in [-0.4, -0.2) is 50.9 Å². The predicted molar refractivity (Wildman–Crippen MR) is 77.1 cm³/mol. The fourth-order valence-electron chi connectivity index (χ4n) is 2.06. The van der Waals surface area contributed by atoms with Gasteiger partial charge in [-0.2, -0.15) is 0 Å². The van der Waals surface area contributed by atoms with Crippen molar-refractivity contribution in [1.29, 1.82) is 0 Å². The van der Waals surface area contributed by atoms with Gasteiger partial charge >= 0.3 is 5.97 Å². The van der Waals surface area contributed by atoms with Crippen molar-refractivity contribution >= 4 is 11.7 Å². The van der Waals surface area contributed by atoms with E-state index < -0.39 is 0 Å². The van der Waals surface area contributed by atoms with E-state index in [1.165, 1.54) is 7.11 Å². The van der Waals surface area contributed by atoms with Crippen LogP contribution in [0.2, 0.25) is 0 Å². The second-order valence-electron chi connectivity index (χ2n) is 4.41. The molecule has 1 aliphatic heterocycles. The lowest BCUT2D eigenvalue weighted by Gasteiger charge is -2.17. The van der Waals surface area contributed by atoms with Crippen molar-refractivity contribution in [3.05, 3.63) is 41.6 Å². The number of esters is 1. The van der Waals surface area contributed by atoms with Crippen molar-refractivity contribution in [2.24, 2.45) is 4.99 Å². The summed E-state index contributed by atoms with van der Waals surface area (Å²) in [4.78, 5) is 18.2. The number of ether oxygens (including phenoxy) is 2. The highest BCUT2D eigenvalue weighted by Crippen LogP contribution is 2.21. The van der Waals surface area contributed by atoms with Crippen LogP contribution in [-0.2, 0) is 9.53 Å². The van der Waals surface area contributed by atoms with Gasteiger partial charge in [-0.05, 0) is 18.2 Å². The van der Waals surface area contributed by atoms with E-state index in [1.54, 1.807) is 13.2 Å². The van der Waals surface area contributed by atoms with Crippen LogP contribution in [0.15, 0.2) is 41.0 Å². The molecule has 1 aliphatic rings. The highest BCUT2D eigenvalue weighted by Gasteiger charge is 2.19. The molecule has 0 fully saturated rings. The van der Waals surface area contributed by atoms with Gasteiger partial charge < -0.3 is 14.4 Å². The third-order valence-corrected chi connectivity index (χ3v) is 3.18. The van der Waals surface area contributed by atoms with E-state index >= 15 is 0 Å². The zero-order valence-electron chi connectivity index (χ0n) is 11.9. The third-order valence-electron chi connectivity index (χ3n) is 3.18. The molecule has 0 bridgehead atoms. The van der Waals surface area contributed by atoms with Crippen LogP contribution in [0.1, 0.15) is 5.56 Å². The highest BCUT2D eigenvalue weighted by atomic mass is 16.5. The summed E-state index contributed by atoms with van der Waals surface area (Å²) in [6, 6.07) is 7.61. The lowest BCUT2D eigenvalue weighted by atomic mass is 10.1. The molecule has 0 saturated carbocycles. The number of methoxy groups -OCH3 is 2. The molecule has 1 aromatic rings. The molecule has 20 heavy (non-hydrogen) atoms. The molecule has 0 aliphatic carbocycles. The van der Waals surface area contributed by atoms with Crippen molar-refractivity contribution in [1.82, 2.24) is 4.90 Å². The molecule has 0 atom stereocenters. The first-order chi connectivity index (χ1) is 9.67. The third kappa shape index (κ3) is 2.82. The van der Waals surface area contributed by atoms with Crippen molar-refractivity contribution in [3.63, 3.8) is 0 Å². The largest absolute Gasteiger partial charge is 0.496 e. The standard InChI is InChI=1S/C15H18N2O3/c1-17-9-8-16-12(10-13(17)15(18)20-3)11-6-4-5-7-14(11)19-2/h4-7,10H,8-9H2,1-3H3. The summed E-state index contributed by atoms with van der Waals surface area (Å²) < 4.78 is 10.2. The van der Waals surface area contributed by atoms with Crippen molar-refractivity contribution in [2.75, 3.05) is 34.4 Å². The summed E-state index contributed by atoms with van der Waals surface area (Å²) in [6.45, 7) is 1.28. The maximum Gasteiger partial charge on any atom is 0.354 e. The Bertz CT molecular complexity index is 564. The Morgan fingerprint density at radius 2 is 2.05 bits per heavy atom. The average molecular weight is 274 g/mol. The normalized spacial score (nSPS) is 15.1. The van der Waals surface area contributed by atoms with E-state index in [1.807, 2.05) is 36.2 Å². The number of hydrogen-bond donors (Lipinski definition) is 0. The van der Waals surface area contributed by atoms with Crippen LogP contribution in [0.3, 0.4) is 0 Å². The summed E-state index contributed by atoms with van der Waals surface area (Å²) in [7, 11) is 4.85. The first kappa shape index (κ1) is 14.1. The van der Waals surface area contributed by atoms with Gasteiger partial charge in [0.15, 0.2) is 0 Å². The second kappa shape index (κ2) is 6.23. The molecule has 0 unspecified atom stereocenters.